The Hall–Kier alpha value is -1.93. The van der Waals surface area contributed by atoms with Gasteiger partial charge >= 0.3 is 12.0 Å². The van der Waals surface area contributed by atoms with Crippen molar-refractivity contribution < 1.29 is 14.7 Å². The summed E-state index contributed by atoms with van der Waals surface area (Å²) < 4.78 is 0. The molecule has 0 saturated heterocycles. The van der Waals surface area contributed by atoms with Crippen molar-refractivity contribution >= 4 is 39.7 Å². The summed E-state index contributed by atoms with van der Waals surface area (Å²) in [4.78, 5) is 28.3. The van der Waals surface area contributed by atoms with Gasteiger partial charge in [0.15, 0.2) is 0 Å². The van der Waals surface area contributed by atoms with Crippen LogP contribution in [0.2, 0.25) is 0 Å². The Balaban J connectivity index is 1.98. The maximum Gasteiger partial charge on any atom is 0.338 e. The second-order valence-electron chi connectivity index (χ2n) is 4.31. The van der Waals surface area contributed by atoms with Crippen molar-refractivity contribution in [3.63, 3.8) is 0 Å². The number of urea groups is 1. The second kappa shape index (κ2) is 6.68. The van der Waals surface area contributed by atoms with Gasteiger partial charge in [-0.25, -0.2) is 14.6 Å². The van der Waals surface area contributed by atoms with Crippen molar-refractivity contribution in [1.82, 2.24) is 10.3 Å². The van der Waals surface area contributed by atoms with Gasteiger partial charge in [0.1, 0.15) is 10.0 Å². The number of nitrogens with zero attached hydrogens (tertiary/aromatic N) is 1. The minimum atomic E-state index is -1.06. The highest BCUT2D eigenvalue weighted by atomic mass is 32.1. The molecule has 2 aromatic heterocycles. The van der Waals surface area contributed by atoms with Gasteiger partial charge in [-0.3, -0.25) is 5.32 Å². The number of aryl methyl sites for hydroxylation is 1. The van der Waals surface area contributed by atoms with Crippen LogP contribution in [-0.2, 0) is 6.42 Å². The van der Waals surface area contributed by atoms with E-state index in [1.165, 1.54) is 17.4 Å². The summed E-state index contributed by atoms with van der Waals surface area (Å²) in [6, 6.07) is 0.782. The molecule has 0 aliphatic carbocycles. The van der Waals surface area contributed by atoms with Crippen LogP contribution in [0.3, 0.4) is 0 Å². The normalized spacial score (nSPS) is 11.9. The number of carboxylic acids is 1. The molecule has 112 valence electrons. The zero-order chi connectivity index (χ0) is 15.4. The van der Waals surface area contributed by atoms with Crippen LogP contribution in [0.5, 0.6) is 0 Å². The van der Waals surface area contributed by atoms with E-state index in [9.17, 15) is 9.59 Å². The summed E-state index contributed by atoms with van der Waals surface area (Å²) in [7, 11) is 0. The van der Waals surface area contributed by atoms with Crippen LogP contribution in [0.25, 0.3) is 0 Å². The predicted molar refractivity (Wildman–Crippen MR) is 83.3 cm³/mol. The topological polar surface area (TPSA) is 91.3 Å². The van der Waals surface area contributed by atoms with Crippen LogP contribution in [0.4, 0.5) is 9.80 Å². The summed E-state index contributed by atoms with van der Waals surface area (Å²) in [5.41, 5.74) is 0.0883. The third-order valence-electron chi connectivity index (χ3n) is 2.76. The molecule has 2 rings (SSSR count). The standard InChI is InChI=1S/C13H15N3O3S2/c1-3-8-6-14-10(21-8)7(2)15-13(19)16-11-9(12(17)18)4-5-20-11/h4-7H,3H2,1-2H3,(H,17,18)(H2,15,16,19). The van der Waals surface area contributed by atoms with E-state index in [0.717, 1.165) is 16.3 Å². The lowest BCUT2D eigenvalue weighted by molar-refractivity contribution is 0.0698. The molecule has 0 aromatic carbocycles. The van der Waals surface area contributed by atoms with E-state index in [1.54, 1.807) is 22.9 Å². The molecule has 0 radical (unpaired) electrons. The van der Waals surface area contributed by atoms with Crippen molar-refractivity contribution in [2.24, 2.45) is 0 Å². The van der Waals surface area contributed by atoms with Crippen molar-refractivity contribution in [3.8, 4) is 0 Å². The average Bonchev–Trinajstić information content (AvgIpc) is 3.06. The maximum atomic E-state index is 11.9. The zero-order valence-electron chi connectivity index (χ0n) is 11.5. The van der Waals surface area contributed by atoms with E-state index in [4.69, 9.17) is 5.11 Å². The molecule has 0 spiro atoms. The third-order valence-corrected chi connectivity index (χ3v) is 4.91. The summed E-state index contributed by atoms with van der Waals surface area (Å²) in [5.74, 6) is -1.06. The van der Waals surface area contributed by atoms with E-state index in [0.29, 0.717) is 5.00 Å². The van der Waals surface area contributed by atoms with E-state index in [1.807, 2.05) is 13.8 Å². The monoisotopic (exact) mass is 325 g/mol. The lowest BCUT2D eigenvalue weighted by Gasteiger charge is -2.12. The Bertz CT molecular complexity index is 651. The minimum Gasteiger partial charge on any atom is -0.478 e. The second-order valence-corrected chi connectivity index (χ2v) is 6.37. The molecule has 0 aliphatic heterocycles. The van der Waals surface area contributed by atoms with Crippen molar-refractivity contribution in [1.29, 1.82) is 0 Å². The number of anilines is 1. The number of nitrogens with one attached hydrogen (secondary N) is 2. The van der Waals surface area contributed by atoms with Crippen molar-refractivity contribution in [2.45, 2.75) is 26.3 Å². The number of amides is 2. The highest BCUT2D eigenvalue weighted by Gasteiger charge is 2.16. The Morgan fingerprint density at radius 1 is 1.48 bits per heavy atom. The van der Waals surface area contributed by atoms with Gasteiger partial charge in [-0.05, 0) is 24.8 Å². The maximum absolute atomic E-state index is 11.9. The average molecular weight is 325 g/mol. The van der Waals surface area contributed by atoms with Gasteiger partial charge < -0.3 is 10.4 Å². The van der Waals surface area contributed by atoms with Crippen molar-refractivity contribution in [2.75, 3.05) is 5.32 Å². The van der Waals surface area contributed by atoms with E-state index < -0.39 is 12.0 Å². The van der Waals surface area contributed by atoms with Crippen LogP contribution in [0, 0.1) is 0 Å². The van der Waals surface area contributed by atoms with Gasteiger partial charge in [0.2, 0.25) is 0 Å². The minimum absolute atomic E-state index is 0.0883. The largest absolute Gasteiger partial charge is 0.478 e. The summed E-state index contributed by atoms with van der Waals surface area (Å²) in [6.07, 6.45) is 2.71. The highest BCUT2D eigenvalue weighted by Crippen LogP contribution is 2.24. The number of carbonyl (C=O) groups is 2. The first kappa shape index (κ1) is 15.5. The van der Waals surface area contributed by atoms with Crippen LogP contribution in [-0.4, -0.2) is 22.1 Å². The van der Waals surface area contributed by atoms with E-state index in [2.05, 4.69) is 15.6 Å². The number of hydrogen-bond acceptors (Lipinski definition) is 5. The zero-order valence-corrected chi connectivity index (χ0v) is 13.2. The number of thiazole rings is 1. The number of carbonyl (C=O) groups excluding carboxylic acids is 1. The quantitative estimate of drug-likeness (QED) is 0.786. The molecule has 1 unspecified atom stereocenters. The van der Waals surface area contributed by atoms with Crippen LogP contribution in [0.15, 0.2) is 17.6 Å². The van der Waals surface area contributed by atoms with E-state index >= 15 is 0 Å². The number of hydrogen-bond donors (Lipinski definition) is 3. The van der Waals surface area contributed by atoms with Gasteiger partial charge in [-0.15, -0.1) is 22.7 Å². The fourth-order valence-electron chi connectivity index (χ4n) is 1.66. The molecular weight excluding hydrogens is 310 g/mol. The van der Waals surface area contributed by atoms with E-state index in [-0.39, 0.29) is 11.6 Å². The Labute approximate surface area is 129 Å². The van der Waals surface area contributed by atoms with Gasteiger partial charge in [-0.2, -0.15) is 0 Å². The predicted octanol–water partition coefficient (Wildman–Crippen LogP) is 3.35. The molecule has 6 nitrogen and oxygen atoms in total. The molecule has 0 saturated carbocycles. The number of aromatic nitrogens is 1. The fraction of sp³-hybridized carbons (Fsp3) is 0.308. The van der Waals surface area contributed by atoms with Gasteiger partial charge in [-0.1, -0.05) is 6.92 Å². The highest BCUT2D eigenvalue weighted by molar-refractivity contribution is 7.14. The lowest BCUT2D eigenvalue weighted by Crippen LogP contribution is -2.31. The molecule has 2 heterocycles. The first-order valence-corrected chi connectivity index (χ1v) is 8.03. The number of carboxylic acid groups (broad SMARTS) is 1. The molecule has 8 heteroatoms. The molecule has 0 fully saturated rings. The SMILES string of the molecule is CCc1cnc(C(C)NC(=O)Nc2sccc2C(=O)O)s1. The number of aromatic carboxylic acids is 1. The van der Waals surface area contributed by atoms with Gasteiger partial charge in [0.05, 0.1) is 11.6 Å². The smallest absolute Gasteiger partial charge is 0.338 e. The number of thiophene rings is 1. The van der Waals surface area contributed by atoms with Crippen LogP contribution >= 0.6 is 22.7 Å². The van der Waals surface area contributed by atoms with Crippen LogP contribution in [0.1, 0.15) is 40.1 Å². The molecule has 0 aliphatic rings. The van der Waals surface area contributed by atoms with Gasteiger partial charge in [0.25, 0.3) is 0 Å². The summed E-state index contributed by atoms with van der Waals surface area (Å²) in [5, 5.41) is 17.1. The van der Waals surface area contributed by atoms with Crippen molar-refractivity contribution in [3.05, 3.63) is 33.1 Å². The van der Waals surface area contributed by atoms with Gasteiger partial charge in [0, 0.05) is 11.1 Å². The lowest BCUT2D eigenvalue weighted by atomic mass is 10.3. The summed E-state index contributed by atoms with van der Waals surface area (Å²) in [6.45, 7) is 3.89. The molecule has 1 atom stereocenters. The first-order valence-electron chi connectivity index (χ1n) is 6.34. The molecule has 0 bridgehead atoms. The molecule has 2 aromatic rings. The molecular formula is C13H15N3O3S2. The first-order chi connectivity index (χ1) is 10.0. The van der Waals surface area contributed by atoms with Crippen LogP contribution < -0.4 is 10.6 Å². The fourth-order valence-corrected chi connectivity index (χ4v) is 3.29. The third kappa shape index (κ3) is 3.79. The number of rotatable bonds is 5. The molecule has 3 N–H and O–H groups in total. The summed E-state index contributed by atoms with van der Waals surface area (Å²) >= 11 is 2.72. The Kier molecular flexibility index (Phi) is 4.92. The molecule has 2 amide bonds. The Morgan fingerprint density at radius 3 is 2.86 bits per heavy atom. The Morgan fingerprint density at radius 2 is 2.24 bits per heavy atom. The molecule has 21 heavy (non-hydrogen) atoms.